The Balaban J connectivity index is 1.23. The summed E-state index contributed by atoms with van der Waals surface area (Å²) in [6, 6.07) is 11.8. The summed E-state index contributed by atoms with van der Waals surface area (Å²) in [6.45, 7) is 9.45. The number of nitrogens with zero attached hydrogens (tertiary/aromatic N) is 4. The lowest BCUT2D eigenvalue weighted by Gasteiger charge is -2.37. The van der Waals surface area contributed by atoms with Crippen LogP contribution in [0.15, 0.2) is 41.8 Å². The highest BCUT2D eigenvalue weighted by molar-refractivity contribution is 7.14. The van der Waals surface area contributed by atoms with E-state index in [1.165, 1.54) is 16.9 Å². The molecule has 0 radical (unpaired) electrons. The third-order valence-corrected chi connectivity index (χ3v) is 8.04. The molecule has 11 heteroatoms. The summed E-state index contributed by atoms with van der Waals surface area (Å²) < 4.78 is 16.5. The van der Waals surface area contributed by atoms with Crippen molar-refractivity contribution in [2.75, 3.05) is 62.1 Å². The van der Waals surface area contributed by atoms with Crippen molar-refractivity contribution in [2.45, 2.75) is 39.3 Å². The van der Waals surface area contributed by atoms with Gasteiger partial charge in [0, 0.05) is 44.6 Å². The van der Waals surface area contributed by atoms with Crippen LogP contribution in [0.4, 0.5) is 21.3 Å². The van der Waals surface area contributed by atoms with E-state index in [0.717, 1.165) is 35.1 Å². The average molecular weight is 580 g/mol. The first kappa shape index (κ1) is 28.5. The van der Waals surface area contributed by atoms with E-state index in [1.807, 2.05) is 57.2 Å². The Kier molecular flexibility index (Phi) is 8.25. The van der Waals surface area contributed by atoms with Crippen molar-refractivity contribution in [3.63, 3.8) is 0 Å². The first-order chi connectivity index (χ1) is 19.6. The number of methoxy groups -OCH3 is 2. The van der Waals surface area contributed by atoms with Crippen LogP contribution in [0.1, 0.15) is 42.4 Å². The molecular formula is C30H37N5O5S. The molecule has 10 nitrogen and oxygen atoms in total. The lowest BCUT2D eigenvalue weighted by atomic mass is 9.99. The monoisotopic (exact) mass is 579 g/mol. The van der Waals surface area contributed by atoms with Crippen LogP contribution in [0.3, 0.4) is 0 Å². The maximum Gasteiger partial charge on any atom is 0.410 e. The Morgan fingerprint density at radius 3 is 2.29 bits per heavy atom. The van der Waals surface area contributed by atoms with Crippen molar-refractivity contribution in [2.24, 2.45) is 0 Å². The molecule has 1 fully saturated rings. The highest BCUT2D eigenvalue weighted by Crippen LogP contribution is 2.35. The molecule has 1 saturated heterocycles. The molecule has 0 unspecified atom stereocenters. The number of nitrogens with one attached hydrogen (secondary N) is 1. The number of carbonyl (C=O) groups is 2. The van der Waals surface area contributed by atoms with Crippen molar-refractivity contribution in [3.05, 3.63) is 58.6 Å². The van der Waals surface area contributed by atoms with Crippen molar-refractivity contribution in [3.8, 4) is 11.5 Å². The second-order valence-corrected chi connectivity index (χ2v) is 11.9. The van der Waals surface area contributed by atoms with Crippen LogP contribution in [0.25, 0.3) is 0 Å². The number of thiazole rings is 1. The molecule has 0 saturated carbocycles. The van der Waals surface area contributed by atoms with E-state index in [2.05, 4.69) is 20.1 Å². The fourth-order valence-electron chi connectivity index (χ4n) is 5.06. The Hall–Kier alpha value is -3.99. The lowest BCUT2D eigenvalue weighted by Crippen LogP contribution is -2.50. The summed E-state index contributed by atoms with van der Waals surface area (Å²) in [5, 5.41) is 5.67. The van der Waals surface area contributed by atoms with E-state index in [9.17, 15) is 9.59 Å². The highest BCUT2D eigenvalue weighted by atomic mass is 32.1. The maximum atomic E-state index is 13.3. The molecule has 1 N–H and O–H groups in total. The molecule has 0 atom stereocenters. The van der Waals surface area contributed by atoms with Gasteiger partial charge < -0.3 is 34.2 Å². The fourth-order valence-corrected chi connectivity index (χ4v) is 5.89. The smallest absolute Gasteiger partial charge is 0.410 e. The number of benzene rings is 2. The standard InChI is InChI=1S/C30H37N5O5S/c1-30(2,3)40-29(37)34-14-12-33(13-15-34)24-9-7-6-8-22(24)31-27(36)23-19-41-28(32-23)35-11-10-20-16-25(38-4)26(39-5)17-21(20)18-35/h6-9,16-17,19H,10-15,18H2,1-5H3,(H,31,36). The number of fused-ring (bicyclic) bond motifs is 1. The van der Waals surface area contributed by atoms with Crippen LogP contribution in [0.5, 0.6) is 11.5 Å². The Morgan fingerprint density at radius 2 is 1.61 bits per heavy atom. The molecule has 2 aliphatic rings. The van der Waals surface area contributed by atoms with Crippen molar-refractivity contribution in [1.29, 1.82) is 0 Å². The minimum Gasteiger partial charge on any atom is -0.493 e. The number of carbonyl (C=O) groups excluding carboxylic acids is 2. The van der Waals surface area contributed by atoms with Gasteiger partial charge in [-0.05, 0) is 62.6 Å². The summed E-state index contributed by atoms with van der Waals surface area (Å²) in [7, 11) is 3.28. The van der Waals surface area contributed by atoms with Gasteiger partial charge in [-0.1, -0.05) is 12.1 Å². The molecule has 218 valence electrons. The van der Waals surface area contributed by atoms with Crippen molar-refractivity contribution < 1.29 is 23.8 Å². The molecular weight excluding hydrogens is 542 g/mol. The number of amides is 2. The number of hydrogen-bond donors (Lipinski definition) is 1. The Morgan fingerprint density at radius 1 is 0.927 bits per heavy atom. The molecule has 0 aliphatic carbocycles. The van der Waals surface area contributed by atoms with Gasteiger partial charge in [0.25, 0.3) is 5.91 Å². The van der Waals surface area contributed by atoms with E-state index in [-0.39, 0.29) is 12.0 Å². The highest BCUT2D eigenvalue weighted by Gasteiger charge is 2.27. The molecule has 41 heavy (non-hydrogen) atoms. The van der Waals surface area contributed by atoms with E-state index in [0.29, 0.717) is 49.9 Å². The van der Waals surface area contributed by atoms with E-state index < -0.39 is 5.60 Å². The molecule has 2 aromatic carbocycles. The minimum atomic E-state index is -0.527. The second kappa shape index (κ2) is 11.9. The fraction of sp³-hybridized carbons (Fsp3) is 0.433. The van der Waals surface area contributed by atoms with Gasteiger partial charge in [-0.15, -0.1) is 11.3 Å². The zero-order valence-corrected chi connectivity index (χ0v) is 25.0. The van der Waals surface area contributed by atoms with Crippen LogP contribution in [-0.4, -0.2) is 74.4 Å². The van der Waals surface area contributed by atoms with Gasteiger partial charge in [0.15, 0.2) is 16.6 Å². The summed E-state index contributed by atoms with van der Waals surface area (Å²) in [4.78, 5) is 36.5. The summed E-state index contributed by atoms with van der Waals surface area (Å²) >= 11 is 1.46. The number of para-hydroxylation sites is 2. The lowest BCUT2D eigenvalue weighted by molar-refractivity contribution is 0.0240. The zero-order chi connectivity index (χ0) is 29.1. The average Bonchev–Trinajstić information content (AvgIpc) is 3.46. The molecule has 2 amide bonds. The molecule has 5 rings (SSSR count). The zero-order valence-electron chi connectivity index (χ0n) is 24.2. The third-order valence-electron chi connectivity index (χ3n) is 7.14. The number of anilines is 3. The quantitative estimate of drug-likeness (QED) is 0.434. The number of aromatic nitrogens is 1. The molecule has 2 aliphatic heterocycles. The van der Waals surface area contributed by atoms with Crippen molar-refractivity contribution >= 4 is 39.8 Å². The summed E-state index contributed by atoms with van der Waals surface area (Å²) in [6.07, 6.45) is 0.555. The van der Waals surface area contributed by atoms with Crippen LogP contribution in [0, 0.1) is 0 Å². The van der Waals surface area contributed by atoms with E-state index in [4.69, 9.17) is 14.2 Å². The Labute approximate surface area is 244 Å². The van der Waals surface area contributed by atoms with Gasteiger partial charge in [0.1, 0.15) is 11.3 Å². The van der Waals surface area contributed by atoms with Gasteiger partial charge in [-0.3, -0.25) is 4.79 Å². The predicted molar refractivity (Wildman–Crippen MR) is 161 cm³/mol. The molecule has 0 bridgehead atoms. The van der Waals surface area contributed by atoms with E-state index in [1.54, 1.807) is 24.5 Å². The molecule has 1 aromatic heterocycles. The first-order valence-electron chi connectivity index (χ1n) is 13.7. The number of rotatable bonds is 6. The van der Waals surface area contributed by atoms with Gasteiger partial charge >= 0.3 is 6.09 Å². The van der Waals surface area contributed by atoms with E-state index >= 15 is 0 Å². The van der Waals surface area contributed by atoms with Gasteiger partial charge in [0.05, 0.1) is 25.6 Å². The maximum absolute atomic E-state index is 13.3. The van der Waals surface area contributed by atoms with Crippen LogP contribution >= 0.6 is 11.3 Å². The SMILES string of the molecule is COc1cc2c(cc1OC)CN(c1nc(C(=O)Nc3ccccc3N3CCN(C(=O)OC(C)(C)C)CC3)cs1)CC2. The normalized spacial score (nSPS) is 15.3. The van der Waals surface area contributed by atoms with Gasteiger partial charge in [-0.2, -0.15) is 0 Å². The second-order valence-electron chi connectivity index (χ2n) is 11.1. The molecule has 3 heterocycles. The van der Waals surface area contributed by atoms with Crippen molar-refractivity contribution in [1.82, 2.24) is 9.88 Å². The Bertz CT molecular complexity index is 1410. The molecule has 0 spiro atoms. The minimum absolute atomic E-state index is 0.254. The topological polar surface area (TPSA) is 96.5 Å². The van der Waals surface area contributed by atoms with Crippen LogP contribution in [0.2, 0.25) is 0 Å². The summed E-state index contributed by atoms with van der Waals surface area (Å²) in [5.74, 6) is 1.19. The van der Waals surface area contributed by atoms with Gasteiger partial charge in [-0.25, -0.2) is 9.78 Å². The number of hydrogen-bond acceptors (Lipinski definition) is 9. The molecule has 3 aromatic rings. The third kappa shape index (κ3) is 6.51. The summed E-state index contributed by atoms with van der Waals surface area (Å²) in [5.41, 5.74) is 3.88. The largest absolute Gasteiger partial charge is 0.493 e. The van der Waals surface area contributed by atoms with Crippen LogP contribution in [-0.2, 0) is 17.7 Å². The van der Waals surface area contributed by atoms with Crippen LogP contribution < -0.4 is 24.6 Å². The number of piperazine rings is 1. The first-order valence-corrected chi connectivity index (χ1v) is 14.6. The van der Waals surface area contributed by atoms with Gasteiger partial charge in [0.2, 0.25) is 0 Å². The predicted octanol–water partition coefficient (Wildman–Crippen LogP) is 5.03. The number of ether oxygens (including phenoxy) is 3.